The molecule has 6 nitrogen and oxygen atoms in total. The number of hydrogen-bond donors (Lipinski definition) is 1. The van der Waals surface area contributed by atoms with Crippen molar-refractivity contribution in [2.75, 3.05) is 24.5 Å². The predicted molar refractivity (Wildman–Crippen MR) is 93.7 cm³/mol. The third-order valence-electron chi connectivity index (χ3n) is 4.16. The number of carbonyl (C=O) groups excluding carboxylic acids is 1. The highest BCUT2D eigenvalue weighted by atomic mass is 35.5. The first-order chi connectivity index (χ1) is 11.7. The Morgan fingerprint density at radius 2 is 2.12 bits per heavy atom. The molecule has 2 aromatic heterocycles. The van der Waals surface area contributed by atoms with E-state index in [1.165, 1.54) is 0 Å². The van der Waals surface area contributed by atoms with Crippen molar-refractivity contribution >= 4 is 34.2 Å². The molecule has 1 aromatic carbocycles. The average molecular weight is 342 g/mol. The van der Waals surface area contributed by atoms with E-state index in [0.717, 1.165) is 29.0 Å². The Morgan fingerprint density at radius 3 is 2.96 bits per heavy atom. The van der Waals surface area contributed by atoms with Crippen LogP contribution < -0.4 is 10.2 Å². The van der Waals surface area contributed by atoms with Crippen molar-refractivity contribution in [2.45, 2.75) is 6.42 Å². The molecule has 1 saturated heterocycles. The van der Waals surface area contributed by atoms with Gasteiger partial charge in [-0.2, -0.15) is 0 Å². The molecule has 24 heavy (non-hydrogen) atoms. The van der Waals surface area contributed by atoms with Crippen LogP contribution in [0.1, 0.15) is 6.42 Å². The zero-order valence-electron chi connectivity index (χ0n) is 12.9. The summed E-state index contributed by atoms with van der Waals surface area (Å²) in [5.41, 5.74) is 1.82. The molecule has 1 fully saturated rings. The van der Waals surface area contributed by atoms with Crippen molar-refractivity contribution in [3.05, 3.63) is 48.0 Å². The summed E-state index contributed by atoms with van der Waals surface area (Å²) < 4.78 is 1.96. The van der Waals surface area contributed by atoms with Gasteiger partial charge < -0.3 is 14.8 Å². The van der Waals surface area contributed by atoms with E-state index >= 15 is 0 Å². The first kappa shape index (κ1) is 15.0. The second kappa shape index (κ2) is 6.13. The molecule has 0 atom stereocenters. The Hall–Kier alpha value is -2.60. The van der Waals surface area contributed by atoms with Crippen LogP contribution in [0.4, 0.5) is 5.82 Å². The lowest BCUT2D eigenvalue weighted by atomic mass is 10.1. The topological polar surface area (TPSA) is 63.1 Å². The predicted octanol–water partition coefficient (Wildman–Crippen LogP) is 2.40. The van der Waals surface area contributed by atoms with Gasteiger partial charge in [0, 0.05) is 54.9 Å². The second-order valence-corrected chi connectivity index (χ2v) is 6.15. The summed E-state index contributed by atoms with van der Waals surface area (Å²) >= 11 is 6.15. The highest BCUT2D eigenvalue weighted by Crippen LogP contribution is 2.28. The van der Waals surface area contributed by atoms with Gasteiger partial charge in [-0.05, 0) is 18.2 Å². The third-order valence-corrected chi connectivity index (χ3v) is 4.39. The van der Waals surface area contributed by atoms with Gasteiger partial charge in [-0.1, -0.05) is 11.6 Å². The fourth-order valence-corrected chi connectivity index (χ4v) is 3.11. The molecule has 0 unspecified atom stereocenters. The van der Waals surface area contributed by atoms with Crippen LogP contribution in [-0.4, -0.2) is 40.1 Å². The standard InChI is InChI=1S/C17H16ClN5O/c18-12-1-2-13-14(9-12)21-16(10-15(13)23-7-4-19-11-23)22-6-3-17(24)20-5-8-22/h1-2,4,7,9-11H,3,5-6,8H2,(H,20,24). The summed E-state index contributed by atoms with van der Waals surface area (Å²) in [7, 11) is 0. The number of nitrogens with zero attached hydrogens (tertiary/aromatic N) is 4. The van der Waals surface area contributed by atoms with Crippen molar-refractivity contribution < 1.29 is 4.79 Å². The van der Waals surface area contributed by atoms with Gasteiger partial charge in [0.2, 0.25) is 5.91 Å². The summed E-state index contributed by atoms with van der Waals surface area (Å²) in [5, 5.41) is 4.54. The van der Waals surface area contributed by atoms with Crippen LogP contribution in [0.2, 0.25) is 5.02 Å². The number of rotatable bonds is 2. The minimum Gasteiger partial charge on any atom is -0.354 e. The number of nitrogens with one attached hydrogen (secondary N) is 1. The Bertz CT molecular complexity index is 893. The Balaban J connectivity index is 1.85. The summed E-state index contributed by atoms with van der Waals surface area (Å²) in [6, 6.07) is 7.73. The number of fused-ring (bicyclic) bond motifs is 1. The largest absolute Gasteiger partial charge is 0.354 e. The van der Waals surface area contributed by atoms with Gasteiger partial charge in [-0.15, -0.1) is 0 Å². The smallest absolute Gasteiger partial charge is 0.221 e. The monoisotopic (exact) mass is 341 g/mol. The van der Waals surface area contributed by atoms with Crippen molar-refractivity contribution in [3.63, 3.8) is 0 Å². The quantitative estimate of drug-likeness (QED) is 0.777. The van der Waals surface area contributed by atoms with Crippen LogP contribution in [0, 0.1) is 0 Å². The molecular weight excluding hydrogens is 326 g/mol. The van der Waals surface area contributed by atoms with Gasteiger partial charge in [0.05, 0.1) is 17.5 Å². The Morgan fingerprint density at radius 1 is 1.21 bits per heavy atom. The van der Waals surface area contributed by atoms with E-state index in [-0.39, 0.29) is 5.91 Å². The molecule has 1 aliphatic heterocycles. The van der Waals surface area contributed by atoms with E-state index in [1.807, 2.05) is 35.0 Å². The van der Waals surface area contributed by atoms with E-state index in [1.54, 1.807) is 12.5 Å². The van der Waals surface area contributed by atoms with Crippen LogP contribution in [0.3, 0.4) is 0 Å². The van der Waals surface area contributed by atoms with Crippen LogP contribution in [0.15, 0.2) is 43.0 Å². The third kappa shape index (κ3) is 2.80. The van der Waals surface area contributed by atoms with Crippen molar-refractivity contribution in [1.82, 2.24) is 19.9 Å². The lowest BCUT2D eigenvalue weighted by molar-refractivity contribution is -0.120. The van der Waals surface area contributed by atoms with Gasteiger partial charge >= 0.3 is 0 Å². The normalized spacial score (nSPS) is 15.4. The first-order valence-electron chi connectivity index (χ1n) is 7.81. The average Bonchev–Trinajstić information content (AvgIpc) is 3.02. The fourth-order valence-electron chi connectivity index (χ4n) is 2.94. The molecule has 1 amide bonds. The van der Waals surface area contributed by atoms with Crippen molar-refractivity contribution in [2.24, 2.45) is 0 Å². The molecule has 0 radical (unpaired) electrons. The minimum absolute atomic E-state index is 0.0798. The maximum atomic E-state index is 11.6. The van der Waals surface area contributed by atoms with Crippen LogP contribution >= 0.6 is 11.6 Å². The van der Waals surface area contributed by atoms with Gasteiger partial charge in [-0.25, -0.2) is 9.97 Å². The van der Waals surface area contributed by atoms with E-state index < -0.39 is 0 Å². The lowest BCUT2D eigenvalue weighted by Gasteiger charge is -2.22. The summed E-state index contributed by atoms with van der Waals surface area (Å²) in [6.45, 7) is 2.00. The molecule has 3 heterocycles. The van der Waals surface area contributed by atoms with E-state index in [4.69, 9.17) is 16.6 Å². The first-order valence-corrected chi connectivity index (χ1v) is 8.19. The summed E-state index contributed by atoms with van der Waals surface area (Å²) in [5.74, 6) is 0.918. The molecule has 0 aliphatic carbocycles. The lowest BCUT2D eigenvalue weighted by Crippen LogP contribution is -2.29. The molecular formula is C17H16ClN5O. The van der Waals surface area contributed by atoms with Gasteiger partial charge in [-0.3, -0.25) is 4.79 Å². The molecule has 0 bridgehead atoms. The number of benzene rings is 1. The van der Waals surface area contributed by atoms with E-state index in [2.05, 4.69) is 15.2 Å². The van der Waals surface area contributed by atoms with E-state index in [0.29, 0.717) is 24.5 Å². The molecule has 4 rings (SSSR count). The molecule has 0 saturated carbocycles. The molecule has 1 N–H and O–H groups in total. The maximum absolute atomic E-state index is 11.6. The van der Waals surface area contributed by atoms with Crippen LogP contribution in [0.5, 0.6) is 0 Å². The van der Waals surface area contributed by atoms with E-state index in [9.17, 15) is 4.79 Å². The molecule has 0 spiro atoms. The number of hydrogen-bond acceptors (Lipinski definition) is 4. The number of halogens is 1. The molecule has 7 heteroatoms. The Kier molecular flexibility index (Phi) is 3.82. The van der Waals surface area contributed by atoms with Crippen molar-refractivity contribution in [1.29, 1.82) is 0 Å². The minimum atomic E-state index is 0.0798. The van der Waals surface area contributed by atoms with Crippen LogP contribution in [-0.2, 0) is 4.79 Å². The second-order valence-electron chi connectivity index (χ2n) is 5.72. The molecule has 122 valence electrons. The number of imidazole rings is 1. The fraction of sp³-hybridized carbons (Fsp3) is 0.235. The number of aromatic nitrogens is 3. The Labute approximate surface area is 144 Å². The van der Waals surface area contributed by atoms with Crippen molar-refractivity contribution in [3.8, 4) is 5.69 Å². The van der Waals surface area contributed by atoms with Gasteiger partial charge in [0.15, 0.2) is 0 Å². The number of carbonyl (C=O) groups is 1. The van der Waals surface area contributed by atoms with Gasteiger partial charge in [0.25, 0.3) is 0 Å². The van der Waals surface area contributed by atoms with Gasteiger partial charge in [0.1, 0.15) is 5.82 Å². The number of anilines is 1. The number of amides is 1. The maximum Gasteiger partial charge on any atom is 0.221 e. The highest BCUT2D eigenvalue weighted by molar-refractivity contribution is 6.31. The molecule has 1 aliphatic rings. The van der Waals surface area contributed by atoms with Crippen LogP contribution in [0.25, 0.3) is 16.6 Å². The SMILES string of the molecule is O=C1CCN(c2cc(-n3ccnc3)c3ccc(Cl)cc3n2)CCN1. The molecule has 3 aromatic rings. The summed E-state index contributed by atoms with van der Waals surface area (Å²) in [4.78, 5) is 22.6. The zero-order chi connectivity index (χ0) is 16.5. The number of pyridine rings is 1. The highest BCUT2D eigenvalue weighted by Gasteiger charge is 2.17. The zero-order valence-corrected chi connectivity index (χ0v) is 13.7. The summed E-state index contributed by atoms with van der Waals surface area (Å²) in [6.07, 6.45) is 5.88.